The van der Waals surface area contributed by atoms with Crippen molar-refractivity contribution >= 4 is 12.0 Å². The zero-order valence-corrected chi connectivity index (χ0v) is 12.2. The predicted octanol–water partition coefficient (Wildman–Crippen LogP) is -0.0523. The van der Waals surface area contributed by atoms with Crippen LogP contribution >= 0.6 is 0 Å². The summed E-state index contributed by atoms with van der Waals surface area (Å²) in [6.45, 7) is 4.77. The number of carboxylic acid groups (broad SMARTS) is 1. The predicted molar refractivity (Wildman–Crippen MR) is 74.6 cm³/mol. The van der Waals surface area contributed by atoms with Gasteiger partial charge in [-0.15, -0.1) is 0 Å². The van der Waals surface area contributed by atoms with Gasteiger partial charge in [0.05, 0.1) is 0 Å². The third-order valence-corrected chi connectivity index (χ3v) is 3.89. The maximum atomic E-state index is 12.0. The van der Waals surface area contributed by atoms with Crippen LogP contribution in [0.25, 0.3) is 0 Å². The number of piperidine rings is 1. The van der Waals surface area contributed by atoms with Crippen LogP contribution in [-0.2, 0) is 4.79 Å². The third-order valence-electron chi connectivity index (χ3n) is 3.89. The number of rotatable bonds is 6. The maximum absolute atomic E-state index is 12.0. The van der Waals surface area contributed by atoms with E-state index in [0.29, 0.717) is 0 Å². The lowest BCUT2D eigenvalue weighted by Gasteiger charge is -2.36. The highest BCUT2D eigenvalue weighted by molar-refractivity contribution is 5.82. The number of nitrogens with zero attached hydrogens (tertiary/aromatic N) is 2. The van der Waals surface area contributed by atoms with Gasteiger partial charge in [-0.2, -0.15) is 0 Å². The van der Waals surface area contributed by atoms with Crippen LogP contribution in [-0.4, -0.2) is 77.4 Å². The Balaban J connectivity index is 2.48. The van der Waals surface area contributed by atoms with Crippen LogP contribution in [0, 0.1) is 0 Å². The van der Waals surface area contributed by atoms with E-state index in [2.05, 4.69) is 17.1 Å². The van der Waals surface area contributed by atoms with Gasteiger partial charge >= 0.3 is 12.0 Å². The summed E-state index contributed by atoms with van der Waals surface area (Å²) in [5.74, 6) is -1.12. The van der Waals surface area contributed by atoms with Gasteiger partial charge in [-0.3, -0.25) is 0 Å². The number of nitrogens with one attached hydrogen (secondary N) is 1. The second-order valence-corrected chi connectivity index (χ2v) is 5.13. The Morgan fingerprint density at radius 3 is 2.45 bits per heavy atom. The van der Waals surface area contributed by atoms with Crippen LogP contribution in [0.15, 0.2) is 0 Å². The molecule has 0 bridgehead atoms. The Hall–Kier alpha value is -1.34. The number of aliphatic carboxylic acids is 1. The summed E-state index contributed by atoms with van der Waals surface area (Å²) >= 11 is 0. The number of carboxylic acids is 1. The first-order valence-corrected chi connectivity index (χ1v) is 7.08. The van der Waals surface area contributed by atoms with Crippen molar-refractivity contribution < 1.29 is 19.8 Å². The zero-order chi connectivity index (χ0) is 15.1. The van der Waals surface area contributed by atoms with Gasteiger partial charge in [0.15, 0.2) is 0 Å². The molecule has 7 heteroatoms. The van der Waals surface area contributed by atoms with Crippen molar-refractivity contribution in [2.24, 2.45) is 0 Å². The zero-order valence-electron chi connectivity index (χ0n) is 12.2. The molecular formula is C13H25N3O4. The molecule has 20 heavy (non-hydrogen) atoms. The average Bonchev–Trinajstić information content (AvgIpc) is 2.45. The lowest BCUT2D eigenvalue weighted by Crippen LogP contribution is -2.52. The first-order chi connectivity index (χ1) is 9.49. The summed E-state index contributed by atoms with van der Waals surface area (Å²) in [5, 5.41) is 20.2. The fraction of sp³-hybridized carbons (Fsp3) is 0.846. The van der Waals surface area contributed by atoms with E-state index < -0.39 is 12.0 Å². The van der Waals surface area contributed by atoms with Crippen LogP contribution in [0.5, 0.6) is 0 Å². The van der Waals surface area contributed by atoms with Crippen LogP contribution in [0.1, 0.15) is 26.2 Å². The summed E-state index contributed by atoms with van der Waals surface area (Å²) in [6.07, 6.45) is 1.81. The molecule has 1 fully saturated rings. The number of hydrogen-bond donors (Lipinski definition) is 3. The van der Waals surface area contributed by atoms with Crippen molar-refractivity contribution in [2.75, 3.05) is 33.3 Å². The molecule has 0 aromatic rings. The highest BCUT2D eigenvalue weighted by atomic mass is 16.4. The molecule has 3 N–H and O–H groups in total. The topological polar surface area (TPSA) is 93.1 Å². The number of amides is 2. The van der Waals surface area contributed by atoms with Gasteiger partial charge in [0.1, 0.15) is 6.04 Å². The molecule has 0 spiro atoms. The normalized spacial score (nSPS) is 18.6. The molecule has 1 aliphatic heterocycles. The molecule has 0 aliphatic carbocycles. The van der Waals surface area contributed by atoms with Crippen molar-refractivity contribution in [3.8, 4) is 0 Å². The number of aliphatic hydroxyl groups is 1. The van der Waals surface area contributed by atoms with Gasteiger partial charge in [0.2, 0.25) is 0 Å². The number of carbonyl (C=O) groups excluding carboxylic acids is 1. The lowest BCUT2D eigenvalue weighted by atomic mass is 10.0. The highest BCUT2D eigenvalue weighted by Gasteiger charge is 2.27. The first kappa shape index (κ1) is 16.7. The lowest BCUT2D eigenvalue weighted by molar-refractivity contribution is -0.139. The molecule has 1 heterocycles. The van der Waals surface area contributed by atoms with Crippen LogP contribution in [0.4, 0.5) is 4.79 Å². The van der Waals surface area contributed by atoms with E-state index in [1.165, 1.54) is 0 Å². The monoisotopic (exact) mass is 287 g/mol. The standard InChI is InChI=1S/C13H25N3O4/c1-3-16-7-4-10(5-8-16)15(2)13(20)14-11(6-9-17)12(18)19/h10-11,17H,3-9H2,1-2H3,(H,14,20)(H,18,19)/t11-/m0/s1. The number of carbonyl (C=O) groups is 2. The van der Waals surface area contributed by atoms with Crippen LogP contribution < -0.4 is 5.32 Å². The Bertz CT molecular complexity index is 330. The third kappa shape index (κ3) is 4.64. The van der Waals surface area contributed by atoms with Gasteiger partial charge in [-0.05, 0) is 19.4 Å². The average molecular weight is 287 g/mol. The second kappa shape index (κ2) is 8.06. The summed E-state index contributed by atoms with van der Waals surface area (Å²) in [5.41, 5.74) is 0. The van der Waals surface area contributed by atoms with Crippen molar-refractivity contribution in [3.05, 3.63) is 0 Å². The van der Waals surface area contributed by atoms with Crippen molar-refractivity contribution in [2.45, 2.75) is 38.3 Å². The molecule has 1 rings (SSSR count). The minimum absolute atomic E-state index is 0.0171. The minimum Gasteiger partial charge on any atom is -0.480 e. The molecule has 1 aliphatic rings. The molecule has 2 amide bonds. The summed E-state index contributed by atoms with van der Waals surface area (Å²) < 4.78 is 0. The maximum Gasteiger partial charge on any atom is 0.326 e. The Kier molecular flexibility index (Phi) is 6.74. The molecule has 1 saturated heterocycles. The van der Waals surface area contributed by atoms with Gasteiger partial charge in [-0.25, -0.2) is 9.59 Å². The quantitative estimate of drug-likeness (QED) is 0.637. The molecule has 0 unspecified atom stereocenters. The van der Waals surface area contributed by atoms with E-state index >= 15 is 0 Å². The smallest absolute Gasteiger partial charge is 0.326 e. The SMILES string of the molecule is CCN1CCC(N(C)C(=O)N[C@@H](CCO)C(=O)O)CC1. The second-order valence-electron chi connectivity index (χ2n) is 5.13. The van der Waals surface area contributed by atoms with Crippen LogP contribution in [0.3, 0.4) is 0 Å². The fourth-order valence-electron chi connectivity index (χ4n) is 2.43. The summed E-state index contributed by atoms with van der Waals surface area (Å²) in [6, 6.07) is -1.28. The number of urea groups is 1. The first-order valence-electron chi connectivity index (χ1n) is 7.08. The van der Waals surface area contributed by atoms with E-state index in [4.69, 9.17) is 10.2 Å². The van der Waals surface area contributed by atoms with Gasteiger partial charge < -0.3 is 25.3 Å². The largest absolute Gasteiger partial charge is 0.480 e. The minimum atomic E-state index is -1.12. The molecule has 0 saturated carbocycles. The highest BCUT2D eigenvalue weighted by Crippen LogP contribution is 2.15. The van der Waals surface area contributed by atoms with Crippen molar-refractivity contribution in [1.29, 1.82) is 0 Å². The number of hydrogen-bond acceptors (Lipinski definition) is 4. The number of aliphatic hydroxyl groups excluding tert-OH is 1. The molecule has 1 atom stereocenters. The van der Waals surface area contributed by atoms with E-state index in [1.54, 1.807) is 11.9 Å². The van der Waals surface area contributed by atoms with Crippen LogP contribution in [0.2, 0.25) is 0 Å². The molecule has 0 aromatic heterocycles. The van der Waals surface area contributed by atoms with E-state index in [0.717, 1.165) is 32.5 Å². The summed E-state index contributed by atoms with van der Waals surface area (Å²) in [7, 11) is 1.69. The Morgan fingerprint density at radius 2 is 2.00 bits per heavy atom. The van der Waals surface area contributed by atoms with Gasteiger partial charge in [0, 0.05) is 39.2 Å². The Morgan fingerprint density at radius 1 is 1.40 bits per heavy atom. The summed E-state index contributed by atoms with van der Waals surface area (Å²) in [4.78, 5) is 26.9. The van der Waals surface area contributed by atoms with Crippen molar-refractivity contribution in [1.82, 2.24) is 15.1 Å². The molecule has 0 radical (unpaired) electrons. The van der Waals surface area contributed by atoms with Gasteiger partial charge in [0.25, 0.3) is 0 Å². The molecule has 7 nitrogen and oxygen atoms in total. The fourth-order valence-corrected chi connectivity index (χ4v) is 2.43. The van der Waals surface area contributed by atoms with E-state index in [1.807, 2.05) is 0 Å². The molecule has 116 valence electrons. The van der Waals surface area contributed by atoms with E-state index in [-0.39, 0.29) is 25.1 Å². The molecular weight excluding hydrogens is 262 g/mol. The molecule has 0 aromatic carbocycles. The Labute approximate surface area is 119 Å². The van der Waals surface area contributed by atoms with Gasteiger partial charge in [-0.1, -0.05) is 6.92 Å². The van der Waals surface area contributed by atoms with E-state index in [9.17, 15) is 9.59 Å². The van der Waals surface area contributed by atoms with Crippen molar-refractivity contribution in [3.63, 3.8) is 0 Å². The number of likely N-dealkylation sites (tertiary alicyclic amines) is 1.